The van der Waals surface area contributed by atoms with Crippen molar-refractivity contribution in [2.45, 2.75) is 19.4 Å². The van der Waals surface area contributed by atoms with Crippen LogP contribution in [0.2, 0.25) is 0 Å². The molecule has 1 aromatic heterocycles. The summed E-state index contributed by atoms with van der Waals surface area (Å²) in [5.41, 5.74) is 0. The van der Waals surface area contributed by atoms with Gasteiger partial charge in [0.05, 0.1) is 6.54 Å². The fraction of sp³-hybridized carbons (Fsp3) is 0.556. The number of hydrogen-bond acceptors (Lipinski definition) is 3. The number of aromatic nitrogens is 2. The standard InChI is InChI=1S/C9H13N3/c1-4-11-9(12-5-1)7-10-6-8-2-3-8/h1,4-5,8,10H,2-3,6-7H2. The lowest BCUT2D eigenvalue weighted by atomic mass is 10.4. The van der Waals surface area contributed by atoms with Crippen molar-refractivity contribution in [1.29, 1.82) is 0 Å². The zero-order chi connectivity index (χ0) is 8.23. The quantitative estimate of drug-likeness (QED) is 0.719. The maximum atomic E-state index is 4.12. The van der Waals surface area contributed by atoms with E-state index < -0.39 is 0 Å². The van der Waals surface area contributed by atoms with E-state index in [-0.39, 0.29) is 0 Å². The molecule has 0 spiro atoms. The van der Waals surface area contributed by atoms with Crippen LogP contribution in [0.4, 0.5) is 0 Å². The molecule has 0 aromatic carbocycles. The van der Waals surface area contributed by atoms with Gasteiger partial charge in [0, 0.05) is 12.4 Å². The molecule has 1 N–H and O–H groups in total. The van der Waals surface area contributed by atoms with Crippen molar-refractivity contribution in [1.82, 2.24) is 15.3 Å². The van der Waals surface area contributed by atoms with Crippen LogP contribution < -0.4 is 5.32 Å². The Morgan fingerprint density at radius 2 is 2.08 bits per heavy atom. The highest BCUT2D eigenvalue weighted by Gasteiger charge is 2.20. The molecule has 3 heteroatoms. The first-order valence-electron chi connectivity index (χ1n) is 4.42. The second-order valence-corrected chi connectivity index (χ2v) is 3.24. The van der Waals surface area contributed by atoms with Crippen LogP contribution in [0.15, 0.2) is 18.5 Å². The molecule has 1 heterocycles. The third-order valence-electron chi connectivity index (χ3n) is 2.03. The van der Waals surface area contributed by atoms with E-state index in [1.807, 2.05) is 6.07 Å². The molecule has 1 saturated carbocycles. The molecular formula is C9H13N3. The summed E-state index contributed by atoms with van der Waals surface area (Å²) < 4.78 is 0. The van der Waals surface area contributed by atoms with E-state index in [1.165, 1.54) is 12.8 Å². The Morgan fingerprint density at radius 1 is 1.33 bits per heavy atom. The van der Waals surface area contributed by atoms with Gasteiger partial charge >= 0.3 is 0 Å². The second-order valence-electron chi connectivity index (χ2n) is 3.24. The molecule has 0 saturated heterocycles. The third-order valence-corrected chi connectivity index (χ3v) is 2.03. The van der Waals surface area contributed by atoms with Gasteiger partial charge in [0.1, 0.15) is 5.82 Å². The van der Waals surface area contributed by atoms with Crippen LogP contribution in [0.25, 0.3) is 0 Å². The number of nitrogens with zero attached hydrogens (tertiary/aromatic N) is 2. The second kappa shape index (κ2) is 3.63. The van der Waals surface area contributed by atoms with E-state index in [0.717, 1.165) is 24.8 Å². The highest BCUT2D eigenvalue weighted by Crippen LogP contribution is 2.27. The molecule has 64 valence electrons. The van der Waals surface area contributed by atoms with Gasteiger partial charge in [-0.15, -0.1) is 0 Å². The number of rotatable bonds is 4. The van der Waals surface area contributed by atoms with E-state index >= 15 is 0 Å². The molecule has 0 amide bonds. The summed E-state index contributed by atoms with van der Waals surface area (Å²) in [5, 5.41) is 3.34. The van der Waals surface area contributed by atoms with Gasteiger partial charge in [-0.3, -0.25) is 0 Å². The molecule has 0 atom stereocenters. The summed E-state index contributed by atoms with van der Waals surface area (Å²) in [6, 6.07) is 1.84. The van der Waals surface area contributed by atoms with Crippen molar-refractivity contribution in [2.24, 2.45) is 5.92 Å². The molecule has 1 aliphatic rings. The summed E-state index contributed by atoms with van der Waals surface area (Å²) in [6.07, 6.45) is 6.34. The SMILES string of the molecule is c1cnc(CNCC2CC2)nc1. The maximum Gasteiger partial charge on any atom is 0.141 e. The van der Waals surface area contributed by atoms with Gasteiger partial charge in [-0.25, -0.2) is 9.97 Å². The van der Waals surface area contributed by atoms with Crippen LogP contribution in [0, 0.1) is 5.92 Å². The van der Waals surface area contributed by atoms with Crippen LogP contribution in [-0.4, -0.2) is 16.5 Å². The number of hydrogen-bond donors (Lipinski definition) is 1. The fourth-order valence-corrected chi connectivity index (χ4v) is 1.13. The molecular weight excluding hydrogens is 150 g/mol. The van der Waals surface area contributed by atoms with E-state index in [0.29, 0.717) is 0 Å². The summed E-state index contributed by atoms with van der Waals surface area (Å²) in [4.78, 5) is 8.24. The molecule has 0 unspecified atom stereocenters. The van der Waals surface area contributed by atoms with Gasteiger partial charge in [-0.1, -0.05) is 0 Å². The Balaban J connectivity index is 1.72. The van der Waals surface area contributed by atoms with Crippen molar-refractivity contribution in [3.8, 4) is 0 Å². The first-order chi connectivity index (χ1) is 5.95. The Kier molecular flexibility index (Phi) is 2.32. The highest BCUT2D eigenvalue weighted by atomic mass is 15.0. The lowest BCUT2D eigenvalue weighted by Crippen LogP contribution is -2.17. The lowest BCUT2D eigenvalue weighted by Gasteiger charge is -2.00. The van der Waals surface area contributed by atoms with Crippen molar-refractivity contribution in [3.05, 3.63) is 24.3 Å². The average Bonchev–Trinajstić information content (AvgIpc) is 2.90. The third kappa shape index (κ3) is 2.27. The summed E-state index contributed by atoms with van der Waals surface area (Å²) >= 11 is 0. The summed E-state index contributed by atoms with van der Waals surface area (Å²) in [5.74, 6) is 1.81. The molecule has 0 bridgehead atoms. The molecule has 2 rings (SSSR count). The summed E-state index contributed by atoms with van der Waals surface area (Å²) in [6.45, 7) is 1.93. The van der Waals surface area contributed by atoms with E-state index in [1.54, 1.807) is 12.4 Å². The zero-order valence-corrected chi connectivity index (χ0v) is 7.03. The summed E-state index contributed by atoms with van der Waals surface area (Å²) in [7, 11) is 0. The smallest absolute Gasteiger partial charge is 0.141 e. The van der Waals surface area contributed by atoms with Gasteiger partial charge < -0.3 is 5.32 Å². The van der Waals surface area contributed by atoms with Crippen molar-refractivity contribution in [2.75, 3.05) is 6.54 Å². The van der Waals surface area contributed by atoms with Crippen molar-refractivity contribution < 1.29 is 0 Å². The van der Waals surface area contributed by atoms with Gasteiger partial charge in [0.15, 0.2) is 0 Å². The zero-order valence-electron chi connectivity index (χ0n) is 7.03. The van der Waals surface area contributed by atoms with Crippen LogP contribution in [0.1, 0.15) is 18.7 Å². The number of nitrogens with one attached hydrogen (secondary N) is 1. The van der Waals surface area contributed by atoms with E-state index in [9.17, 15) is 0 Å². The van der Waals surface area contributed by atoms with E-state index in [2.05, 4.69) is 15.3 Å². The first kappa shape index (κ1) is 7.68. The normalized spacial score (nSPS) is 16.3. The molecule has 12 heavy (non-hydrogen) atoms. The average molecular weight is 163 g/mol. The predicted octanol–water partition coefficient (Wildman–Crippen LogP) is 0.976. The van der Waals surface area contributed by atoms with Crippen LogP contribution in [0.5, 0.6) is 0 Å². The van der Waals surface area contributed by atoms with Gasteiger partial charge in [-0.2, -0.15) is 0 Å². The Hall–Kier alpha value is -0.960. The Morgan fingerprint density at radius 3 is 2.75 bits per heavy atom. The van der Waals surface area contributed by atoms with Crippen LogP contribution in [-0.2, 0) is 6.54 Å². The van der Waals surface area contributed by atoms with Gasteiger partial charge in [0.25, 0.3) is 0 Å². The molecule has 1 fully saturated rings. The lowest BCUT2D eigenvalue weighted by molar-refractivity contribution is 0.619. The Labute approximate surface area is 72.2 Å². The van der Waals surface area contributed by atoms with Crippen molar-refractivity contribution >= 4 is 0 Å². The first-order valence-corrected chi connectivity index (χ1v) is 4.42. The van der Waals surface area contributed by atoms with Crippen molar-refractivity contribution in [3.63, 3.8) is 0 Å². The monoisotopic (exact) mass is 163 g/mol. The molecule has 1 aliphatic carbocycles. The molecule has 1 aromatic rings. The molecule has 0 radical (unpaired) electrons. The minimum absolute atomic E-state index is 0.803. The largest absolute Gasteiger partial charge is 0.310 e. The van der Waals surface area contributed by atoms with E-state index in [4.69, 9.17) is 0 Å². The topological polar surface area (TPSA) is 37.8 Å². The minimum atomic E-state index is 0.803. The van der Waals surface area contributed by atoms with Gasteiger partial charge in [-0.05, 0) is 31.4 Å². The minimum Gasteiger partial charge on any atom is -0.310 e. The molecule has 3 nitrogen and oxygen atoms in total. The predicted molar refractivity (Wildman–Crippen MR) is 46.5 cm³/mol. The highest BCUT2D eigenvalue weighted by molar-refractivity contribution is 4.88. The fourth-order valence-electron chi connectivity index (χ4n) is 1.13. The van der Waals surface area contributed by atoms with Crippen LogP contribution in [0.3, 0.4) is 0 Å². The van der Waals surface area contributed by atoms with Crippen LogP contribution >= 0.6 is 0 Å². The molecule has 0 aliphatic heterocycles. The maximum absolute atomic E-state index is 4.12. The van der Waals surface area contributed by atoms with Gasteiger partial charge in [0.2, 0.25) is 0 Å². The Bertz CT molecular complexity index is 231.